The van der Waals surface area contributed by atoms with E-state index in [2.05, 4.69) is 49.2 Å². The van der Waals surface area contributed by atoms with Crippen molar-refractivity contribution in [2.24, 2.45) is 0 Å². The van der Waals surface area contributed by atoms with Crippen LogP contribution in [0.5, 0.6) is 0 Å². The van der Waals surface area contributed by atoms with Gasteiger partial charge >= 0.3 is 0 Å². The van der Waals surface area contributed by atoms with Crippen molar-refractivity contribution in [3.8, 4) is 0 Å². The summed E-state index contributed by atoms with van der Waals surface area (Å²) in [5, 5.41) is 3.66. The molecule has 1 aliphatic heterocycles. The largest absolute Gasteiger partial charge is 0.309 e. The van der Waals surface area contributed by atoms with Crippen LogP contribution in [0, 0.1) is 13.8 Å². The van der Waals surface area contributed by atoms with Gasteiger partial charge in [-0.3, -0.25) is 0 Å². The van der Waals surface area contributed by atoms with E-state index in [0.29, 0.717) is 6.04 Å². The highest BCUT2D eigenvalue weighted by Crippen LogP contribution is 2.11. The second kappa shape index (κ2) is 7.06. The number of nitrogens with one attached hydrogen (secondary N) is 1. The first-order chi connectivity index (χ1) is 9.15. The minimum atomic E-state index is 0.568. The van der Waals surface area contributed by atoms with Crippen molar-refractivity contribution in [2.75, 3.05) is 19.6 Å². The number of nitrogens with zero attached hydrogens (tertiary/aromatic N) is 1. The lowest BCUT2D eigenvalue weighted by Crippen LogP contribution is -2.41. The van der Waals surface area contributed by atoms with E-state index >= 15 is 0 Å². The number of piperidine rings is 1. The van der Waals surface area contributed by atoms with E-state index in [0.717, 1.165) is 6.54 Å². The van der Waals surface area contributed by atoms with Crippen LogP contribution in [0.2, 0.25) is 0 Å². The van der Waals surface area contributed by atoms with E-state index in [-0.39, 0.29) is 0 Å². The Kier molecular flexibility index (Phi) is 5.41. The standard InChI is InChI=1S/C17H28N2/c1-14-7-8-17(15(2)11-14)12-18-16(3)13-19-9-5-4-6-10-19/h7-8,11,16,18H,4-6,9-10,12-13H2,1-3H3. The van der Waals surface area contributed by atoms with Gasteiger partial charge in [0.2, 0.25) is 0 Å². The van der Waals surface area contributed by atoms with Gasteiger partial charge in [-0.1, -0.05) is 30.2 Å². The first-order valence-corrected chi connectivity index (χ1v) is 7.67. The third-order valence-corrected chi connectivity index (χ3v) is 4.12. The Hall–Kier alpha value is -0.860. The van der Waals surface area contributed by atoms with Gasteiger partial charge in [-0.25, -0.2) is 0 Å². The van der Waals surface area contributed by atoms with Crippen molar-refractivity contribution < 1.29 is 0 Å². The molecule has 1 unspecified atom stereocenters. The molecule has 0 bridgehead atoms. The third kappa shape index (κ3) is 4.63. The molecule has 0 aliphatic carbocycles. The molecule has 1 aromatic carbocycles. The fourth-order valence-corrected chi connectivity index (χ4v) is 2.92. The molecule has 0 spiro atoms. The molecule has 1 fully saturated rings. The number of benzene rings is 1. The molecule has 0 saturated carbocycles. The molecule has 2 heteroatoms. The summed E-state index contributed by atoms with van der Waals surface area (Å²) in [6.07, 6.45) is 4.18. The maximum absolute atomic E-state index is 3.66. The van der Waals surface area contributed by atoms with Gasteiger partial charge in [-0.05, 0) is 57.8 Å². The zero-order valence-corrected chi connectivity index (χ0v) is 12.7. The summed E-state index contributed by atoms with van der Waals surface area (Å²) in [6, 6.07) is 7.30. The molecule has 19 heavy (non-hydrogen) atoms. The lowest BCUT2D eigenvalue weighted by molar-refractivity contribution is 0.209. The highest BCUT2D eigenvalue weighted by Gasteiger charge is 2.13. The number of rotatable bonds is 5. The van der Waals surface area contributed by atoms with Crippen molar-refractivity contribution in [1.82, 2.24) is 10.2 Å². The zero-order valence-electron chi connectivity index (χ0n) is 12.7. The minimum Gasteiger partial charge on any atom is -0.309 e. The summed E-state index contributed by atoms with van der Waals surface area (Å²) in [6.45, 7) is 11.4. The molecule has 0 radical (unpaired) electrons. The number of aryl methyl sites for hydroxylation is 2. The van der Waals surface area contributed by atoms with Crippen molar-refractivity contribution in [2.45, 2.75) is 52.6 Å². The van der Waals surface area contributed by atoms with Crippen LogP contribution in [0.4, 0.5) is 0 Å². The highest BCUT2D eigenvalue weighted by atomic mass is 15.1. The van der Waals surface area contributed by atoms with Crippen LogP contribution >= 0.6 is 0 Å². The summed E-state index contributed by atoms with van der Waals surface area (Å²) >= 11 is 0. The first kappa shape index (κ1) is 14.5. The SMILES string of the molecule is Cc1ccc(CNC(C)CN2CCCCC2)c(C)c1. The average Bonchev–Trinajstić information content (AvgIpc) is 2.39. The number of likely N-dealkylation sites (tertiary alicyclic amines) is 1. The van der Waals surface area contributed by atoms with E-state index in [1.807, 2.05) is 0 Å². The Morgan fingerprint density at radius 2 is 1.89 bits per heavy atom. The molecule has 1 aliphatic rings. The first-order valence-electron chi connectivity index (χ1n) is 7.67. The third-order valence-electron chi connectivity index (χ3n) is 4.12. The molecule has 0 amide bonds. The van der Waals surface area contributed by atoms with Crippen LogP contribution in [-0.4, -0.2) is 30.6 Å². The minimum absolute atomic E-state index is 0.568. The number of hydrogen-bond donors (Lipinski definition) is 1. The molecule has 1 aromatic rings. The Morgan fingerprint density at radius 3 is 2.58 bits per heavy atom. The lowest BCUT2D eigenvalue weighted by atomic mass is 10.1. The normalized spacial score (nSPS) is 18.5. The van der Waals surface area contributed by atoms with Crippen LogP contribution in [0.1, 0.15) is 42.9 Å². The predicted octanol–water partition coefficient (Wildman–Crippen LogP) is 3.27. The zero-order chi connectivity index (χ0) is 13.7. The van der Waals surface area contributed by atoms with Crippen LogP contribution < -0.4 is 5.32 Å². The monoisotopic (exact) mass is 260 g/mol. The molecule has 1 heterocycles. The fraction of sp³-hybridized carbons (Fsp3) is 0.647. The molecule has 2 rings (SSSR count). The molecular weight excluding hydrogens is 232 g/mol. The van der Waals surface area contributed by atoms with Gasteiger partial charge in [0.15, 0.2) is 0 Å². The molecular formula is C17H28N2. The maximum atomic E-state index is 3.66. The van der Waals surface area contributed by atoms with Crippen molar-refractivity contribution in [3.05, 3.63) is 34.9 Å². The van der Waals surface area contributed by atoms with Crippen molar-refractivity contribution in [1.29, 1.82) is 0 Å². The van der Waals surface area contributed by atoms with Gasteiger partial charge in [0.25, 0.3) is 0 Å². The topological polar surface area (TPSA) is 15.3 Å². The molecule has 1 saturated heterocycles. The van der Waals surface area contributed by atoms with E-state index in [4.69, 9.17) is 0 Å². The summed E-state index contributed by atoms with van der Waals surface area (Å²) in [5.74, 6) is 0. The molecule has 1 N–H and O–H groups in total. The van der Waals surface area contributed by atoms with Crippen LogP contribution in [0.25, 0.3) is 0 Å². The van der Waals surface area contributed by atoms with Gasteiger partial charge in [0.05, 0.1) is 0 Å². The summed E-state index contributed by atoms with van der Waals surface area (Å²) < 4.78 is 0. The molecule has 106 valence electrons. The smallest absolute Gasteiger partial charge is 0.0211 e. The summed E-state index contributed by atoms with van der Waals surface area (Å²) in [7, 11) is 0. The number of hydrogen-bond acceptors (Lipinski definition) is 2. The quantitative estimate of drug-likeness (QED) is 0.874. The van der Waals surface area contributed by atoms with Gasteiger partial charge < -0.3 is 10.2 Å². The Labute approximate surface area is 118 Å². The van der Waals surface area contributed by atoms with Crippen LogP contribution in [0.3, 0.4) is 0 Å². The lowest BCUT2D eigenvalue weighted by Gasteiger charge is -2.29. The van der Waals surface area contributed by atoms with Crippen LogP contribution in [0.15, 0.2) is 18.2 Å². The van der Waals surface area contributed by atoms with E-state index < -0.39 is 0 Å². The highest BCUT2D eigenvalue weighted by molar-refractivity contribution is 5.30. The second-order valence-corrected chi connectivity index (χ2v) is 6.07. The van der Waals surface area contributed by atoms with E-state index in [1.165, 1.54) is 55.6 Å². The summed E-state index contributed by atoms with van der Waals surface area (Å²) in [5.41, 5.74) is 4.18. The second-order valence-electron chi connectivity index (χ2n) is 6.07. The summed E-state index contributed by atoms with van der Waals surface area (Å²) in [4.78, 5) is 2.60. The predicted molar refractivity (Wildman–Crippen MR) is 82.5 cm³/mol. The van der Waals surface area contributed by atoms with E-state index in [1.54, 1.807) is 0 Å². The van der Waals surface area contributed by atoms with Crippen LogP contribution in [-0.2, 0) is 6.54 Å². The van der Waals surface area contributed by atoms with Gasteiger partial charge in [-0.2, -0.15) is 0 Å². The Morgan fingerprint density at radius 1 is 1.16 bits per heavy atom. The average molecular weight is 260 g/mol. The van der Waals surface area contributed by atoms with Crippen molar-refractivity contribution >= 4 is 0 Å². The molecule has 0 aromatic heterocycles. The van der Waals surface area contributed by atoms with Crippen molar-refractivity contribution in [3.63, 3.8) is 0 Å². The fourth-order valence-electron chi connectivity index (χ4n) is 2.92. The Bertz CT molecular complexity index is 394. The molecule has 2 nitrogen and oxygen atoms in total. The van der Waals surface area contributed by atoms with Gasteiger partial charge in [0.1, 0.15) is 0 Å². The van der Waals surface area contributed by atoms with E-state index in [9.17, 15) is 0 Å². The maximum Gasteiger partial charge on any atom is 0.0211 e. The van der Waals surface area contributed by atoms with Gasteiger partial charge in [0, 0.05) is 19.1 Å². The Balaban J connectivity index is 1.77. The molecule has 1 atom stereocenters. The van der Waals surface area contributed by atoms with Gasteiger partial charge in [-0.15, -0.1) is 0 Å².